The van der Waals surface area contributed by atoms with Crippen molar-refractivity contribution in [2.45, 2.75) is 25.4 Å². The van der Waals surface area contributed by atoms with Crippen molar-refractivity contribution in [3.8, 4) is 17.1 Å². The van der Waals surface area contributed by atoms with Crippen LogP contribution in [0.5, 0.6) is 0 Å². The van der Waals surface area contributed by atoms with E-state index in [9.17, 15) is 14.9 Å². The third-order valence-electron chi connectivity index (χ3n) is 5.26. The van der Waals surface area contributed by atoms with Crippen molar-refractivity contribution in [2.24, 2.45) is 0 Å². The van der Waals surface area contributed by atoms with E-state index >= 15 is 0 Å². The molecule has 1 N–H and O–H groups in total. The van der Waals surface area contributed by atoms with Crippen molar-refractivity contribution in [1.29, 1.82) is 0 Å². The van der Waals surface area contributed by atoms with Gasteiger partial charge in [-0.15, -0.1) is 10.2 Å². The molecule has 0 aliphatic rings. The molecule has 2 heterocycles. The number of rotatable bonds is 8. The maximum absolute atomic E-state index is 12.4. The van der Waals surface area contributed by atoms with Gasteiger partial charge >= 0.3 is 0 Å². The van der Waals surface area contributed by atoms with Crippen molar-refractivity contribution < 1.29 is 9.72 Å². The van der Waals surface area contributed by atoms with Crippen LogP contribution >= 0.6 is 11.8 Å². The van der Waals surface area contributed by atoms with Gasteiger partial charge in [-0.25, -0.2) is 0 Å². The van der Waals surface area contributed by atoms with Gasteiger partial charge in [0.15, 0.2) is 11.0 Å². The number of aromatic nitrogens is 4. The highest BCUT2D eigenvalue weighted by atomic mass is 32.2. The minimum atomic E-state index is -0.517. The number of pyridine rings is 1. The summed E-state index contributed by atoms with van der Waals surface area (Å²) < 4.78 is 1.96. The number of aryl methyl sites for hydroxylation is 2. The van der Waals surface area contributed by atoms with Crippen molar-refractivity contribution in [2.75, 3.05) is 11.1 Å². The number of nitro groups is 1. The first-order chi connectivity index (χ1) is 16.4. The van der Waals surface area contributed by atoms with E-state index < -0.39 is 4.92 Å². The van der Waals surface area contributed by atoms with Crippen LogP contribution in [-0.2, 0) is 4.79 Å². The normalized spacial score (nSPS) is 10.8. The van der Waals surface area contributed by atoms with Crippen molar-refractivity contribution in [3.63, 3.8) is 0 Å². The first-order valence-corrected chi connectivity index (χ1v) is 11.5. The largest absolute Gasteiger partial charge is 0.320 e. The number of para-hydroxylation sites is 2. The number of nitrogens with zero attached hydrogens (tertiary/aromatic N) is 5. The first kappa shape index (κ1) is 23.1. The lowest BCUT2D eigenvalue weighted by Crippen LogP contribution is -2.13. The summed E-state index contributed by atoms with van der Waals surface area (Å²) >= 11 is 1.40. The molecule has 0 saturated heterocycles. The predicted molar refractivity (Wildman–Crippen MR) is 131 cm³/mol. The topological polar surface area (TPSA) is 116 Å². The third kappa shape index (κ3) is 5.12. The molecule has 0 aliphatic carbocycles. The molecule has 0 radical (unpaired) electrons. The van der Waals surface area contributed by atoms with E-state index in [0.717, 1.165) is 16.8 Å². The first-order valence-electron chi connectivity index (χ1n) is 10.5. The Labute approximate surface area is 200 Å². The number of amides is 1. The molecule has 0 spiro atoms. The number of benzene rings is 2. The fourth-order valence-electron chi connectivity index (χ4n) is 3.34. The summed E-state index contributed by atoms with van der Waals surface area (Å²) in [5.41, 5.74) is 4.17. The Hall–Kier alpha value is -4.05. The van der Waals surface area contributed by atoms with E-state index in [-0.39, 0.29) is 23.7 Å². The summed E-state index contributed by atoms with van der Waals surface area (Å²) in [7, 11) is 0. The third-order valence-corrected chi connectivity index (χ3v) is 6.19. The zero-order valence-electron chi connectivity index (χ0n) is 18.6. The molecular weight excluding hydrogens is 452 g/mol. The molecule has 1 amide bonds. The molecule has 4 aromatic rings. The van der Waals surface area contributed by atoms with E-state index in [1.807, 2.05) is 22.8 Å². The van der Waals surface area contributed by atoms with Crippen LogP contribution in [-0.4, -0.2) is 36.3 Å². The van der Waals surface area contributed by atoms with Crippen LogP contribution in [0.2, 0.25) is 0 Å². The predicted octanol–water partition coefficient (Wildman–Crippen LogP) is 4.98. The molecule has 9 nitrogen and oxygen atoms in total. The van der Waals surface area contributed by atoms with Gasteiger partial charge in [0, 0.05) is 36.2 Å². The lowest BCUT2D eigenvalue weighted by atomic mass is 10.1. The van der Waals surface area contributed by atoms with E-state index in [1.165, 1.54) is 29.5 Å². The molecule has 0 unspecified atom stereocenters. The van der Waals surface area contributed by atoms with Gasteiger partial charge in [-0.2, -0.15) is 0 Å². The summed E-state index contributed by atoms with van der Waals surface area (Å²) in [5, 5.41) is 23.2. The van der Waals surface area contributed by atoms with Gasteiger partial charge in [-0.1, -0.05) is 30.0 Å². The van der Waals surface area contributed by atoms with E-state index in [2.05, 4.69) is 46.5 Å². The quantitative estimate of drug-likeness (QED) is 0.218. The summed E-state index contributed by atoms with van der Waals surface area (Å²) in [5.74, 6) is 0.789. The van der Waals surface area contributed by atoms with Gasteiger partial charge in [0.05, 0.1) is 10.6 Å². The standard InChI is InChI=1S/C24H22N6O3S/c1-16-7-8-19(15-17(16)2)29-23(18-9-12-25-13-10-18)27-28-24(29)34-14-11-22(31)26-20-5-3-4-6-21(20)30(32)33/h3-10,12-13,15H,11,14H2,1-2H3,(H,26,31). The number of nitro benzene ring substituents is 1. The number of thioether (sulfide) groups is 1. The Morgan fingerprint density at radius 1 is 1.06 bits per heavy atom. The maximum atomic E-state index is 12.4. The molecule has 2 aromatic carbocycles. The van der Waals surface area contributed by atoms with E-state index in [1.54, 1.807) is 24.5 Å². The summed E-state index contributed by atoms with van der Waals surface area (Å²) in [4.78, 5) is 27.2. The second-order valence-corrected chi connectivity index (χ2v) is 8.63. The fraction of sp³-hybridized carbons (Fsp3) is 0.167. The smallest absolute Gasteiger partial charge is 0.292 e. The molecule has 0 saturated carbocycles. The summed E-state index contributed by atoms with van der Waals surface area (Å²) in [6.45, 7) is 4.11. The number of nitrogens with one attached hydrogen (secondary N) is 1. The van der Waals surface area contributed by atoms with Gasteiger partial charge in [0.1, 0.15) is 5.69 Å². The summed E-state index contributed by atoms with van der Waals surface area (Å²) in [6.07, 6.45) is 3.56. The molecule has 2 aromatic heterocycles. The molecule has 0 bridgehead atoms. The molecule has 0 aliphatic heterocycles. The fourth-order valence-corrected chi connectivity index (χ4v) is 4.22. The number of anilines is 1. The Balaban J connectivity index is 1.53. The van der Waals surface area contributed by atoms with Crippen LogP contribution in [0.25, 0.3) is 17.1 Å². The average molecular weight is 475 g/mol. The molecule has 34 heavy (non-hydrogen) atoms. The van der Waals surface area contributed by atoms with Gasteiger partial charge in [-0.05, 0) is 55.3 Å². The van der Waals surface area contributed by atoms with Crippen LogP contribution in [0.15, 0.2) is 72.1 Å². The monoisotopic (exact) mass is 474 g/mol. The van der Waals surface area contributed by atoms with Crippen molar-refractivity contribution >= 4 is 29.0 Å². The second-order valence-electron chi connectivity index (χ2n) is 7.57. The number of carbonyl (C=O) groups excluding carboxylic acids is 1. The van der Waals surface area contributed by atoms with E-state index in [4.69, 9.17) is 0 Å². The average Bonchev–Trinajstić information content (AvgIpc) is 3.25. The zero-order chi connectivity index (χ0) is 24.1. The molecule has 0 fully saturated rings. The van der Waals surface area contributed by atoms with Gasteiger partial charge in [0.2, 0.25) is 5.91 Å². The zero-order valence-corrected chi connectivity index (χ0v) is 19.5. The molecule has 10 heteroatoms. The van der Waals surface area contributed by atoms with Crippen LogP contribution in [0.3, 0.4) is 0 Å². The Morgan fingerprint density at radius 2 is 1.82 bits per heavy atom. The lowest BCUT2D eigenvalue weighted by Gasteiger charge is -2.12. The van der Waals surface area contributed by atoms with Gasteiger partial charge < -0.3 is 5.32 Å². The highest BCUT2D eigenvalue weighted by Crippen LogP contribution is 2.29. The van der Waals surface area contributed by atoms with Gasteiger partial charge in [0.25, 0.3) is 5.69 Å². The maximum Gasteiger partial charge on any atom is 0.292 e. The van der Waals surface area contributed by atoms with Crippen molar-refractivity contribution in [3.05, 3.63) is 88.2 Å². The minimum Gasteiger partial charge on any atom is -0.320 e. The SMILES string of the molecule is Cc1ccc(-n2c(SCCC(=O)Nc3ccccc3[N+](=O)[O-])nnc2-c2ccncc2)cc1C. The highest BCUT2D eigenvalue weighted by molar-refractivity contribution is 7.99. The minimum absolute atomic E-state index is 0.139. The van der Waals surface area contributed by atoms with Crippen LogP contribution < -0.4 is 5.32 Å². The van der Waals surface area contributed by atoms with Gasteiger partial charge in [-0.3, -0.25) is 24.5 Å². The highest BCUT2D eigenvalue weighted by Gasteiger charge is 2.18. The Kier molecular flexibility index (Phi) is 6.98. The number of hydrogen-bond donors (Lipinski definition) is 1. The van der Waals surface area contributed by atoms with Crippen LogP contribution in [0, 0.1) is 24.0 Å². The van der Waals surface area contributed by atoms with Crippen LogP contribution in [0.4, 0.5) is 11.4 Å². The Morgan fingerprint density at radius 3 is 2.56 bits per heavy atom. The summed E-state index contributed by atoms with van der Waals surface area (Å²) in [6, 6.07) is 16.0. The lowest BCUT2D eigenvalue weighted by molar-refractivity contribution is -0.383. The number of carbonyl (C=O) groups is 1. The van der Waals surface area contributed by atoms with Crippen molar-refractivity contribution in [1.82, 2.24) is 19.7 Å². The second kappa shape index (κ2) is 10.3. The number of hydrogen-bond acceptors (Lipinski definition) is 7. The van der Waals surface area contributed by atoms with Crippen LogP contribution in [0.1, 0.15) is 17.5 Å². The molecule has 0 atom stereocenters. The molecule has 172 valence electrons. The molecular formula is C24H22N6O3S. The van der Waals surface area contributed by atoms with E-state index in [0.29, 0.717) is 16.7 Å². The Bertz CT molecular complexity index is 1340. The molecule has 4 rings (SSSR count).